The van der Waals surface area contributed by atoms with Gasteiger partial charge in [-0.2, -0.15) is 0 Å². The van der Waals surface area contributed by atoms with Crippen molar-refractivity contribution >= 4 is 17.9 Å². The maximum Gasteiger partial charge on any atom is 0.271 e. The Morgan fingerprint density at radius 2 is 1.91 bits per heavy atom. The van der Waals surface area contributed by atoms with Gasteiger partial charge in [-0.25, -0.2) is 0 Å². The molecule has 1 amide bonds. The zero-order valence-electron chi connectivity index (χ0n) is 14.3. The van der Waals surface area contributed by atoms with Gasteiger partial charge >= 0.3 is 0 Å². The molecule has 1 heterocycles. The molecule has 5 nitrogen and oxygen atoms in total. The highest BCUT2D eigenvalue weighted by molar-refractivity contribution is 6.04. The van der Waals surface area contributed by atoms with Crippen molar-refractivity contribution in [2.45, 2.75) is 52.6 Å². The minimum absolute atomic E-state index is 0.0537. The molecule has 5 heteroatoms. The predicted octanol–water partition coefficient (Wildman–Crippen LogP) is 3.59. The molecular formula is C18H25NO4. The van der Waals surface area contributed by atoms with Crippen LogP contribution < -0.4 is 14.4 Å². The quantitative estimate of drug-likeness (QED) is 0.721. The maximum atomic E-state index is 12.9. The molecule has 2 rings (SSSR count). The SMILES string of the molecule is CCCOc1cc(C=O)cc2c1OC(CC)(CC)C(=O)N2CC. The molecule has 0 aliphatic carbocycles. The lowest BCUT2D eigenvalue weighted by Gasteiger charge is -2.42. The van der Waals surface area contributed by atoms with Gasteiger partial charge in [-0.3, -0.25) is 9.59 Å². The van der Waals surface area contributed by atoms with E-state index in [1.165, 1.54) is 0 Å². The molecule has 0 N–H and O–H groups in total. The average molecular weight is 319 g/mol. The van der Waals surface area contributed by atoms with Crippen molar-refractivity contribution in [1.82, 2.24) is 0 Å². The Hall–Kier alpha value is -2.04. The van der Waals surface area contributed by atoms with E-state index in [2.05, 4.69) is 0 Å². The number of likely N-dealkylation sites (N-methyl/N-ethyl adjacent to an activating group) is 1. The van der Waals surface area contributed by atoms with Gasteiger partial charge in [0.15, 0.2) is 17.1 Å². The topological polar surface area (TPSA) is 55.8 Å². The fourth-order valence-corrected chi connectivity index (χ4v) is 2.90. The van der Waals surface area contributed by atoms with Crippen LogP contribution in [0.3, 0.4) is 0 Å². The van der Waals surface area contributed by atoms with Crippen molar-refractivity contribution in [1.29, 1.82) is 0 Å². The number of fused-ring (bicyclic) bond motifs is 1. The monoisotopic (exact) mass is 319 g/mol. The Bertz CT molecular complexity index is 593. The first-order valence-electron chi connectivity index (χ1n) is 8.33. The van der Waals surface area contributed by atoms with Crippen LogP contribution in [0.4, 0.5) is 5.69 Å². The fraction of sp³-hybridized carbons (Fsp3) is 0.556. The van der Waals surface area contributed by atoms with Gasteiger partial charge in [0.2, 0.25) is 0 Å². The van der Waals surface area contributed by atoms with E-state index >= 15 is 0 Å². The zero-order valence-corrected chi connectivity index (χ0v) is 14.3. The minimum atomic E-state index is -0.865. The fourth-order valence-electron chi connectivity index (χ4n) is 2.90. The number of aldehydes is 1. The van der Waals surface area contributed by atoms with E-state index in [9.17, 15) is 9.59 Å². The molecule has 0 saturated carbocycles. The van der Waals surface area contributed by atoms with E-state index in [1.807, 2.05) is 27.7 Å². The van der Waals surface area contributed by atoms with Gasteiger partial charge in [0.1, 0.15) is 6.29 Å². The molecule has 0 unspecified atom stereocenters. The molecule has 0 radical (unpaired) electrons. The molecular weight excluding hydrogens is 294 g/mol. The summed E-state index contributed by atoms with van der Waals surface area (Å²) in [6.45, 7) is 8.89. The highest BCUT2D eigenvalue weighted by Gasteiger charge is 2.46. The van der Waals surface area contributed by atoms with Crippen LogP contribution in [0.25, 0.3) is 0 Å². The lowest BCUT2D eigenvalue weighted by Crippen LogP contribution is -2.55. The molecule has 0 fully saturated rings. The Labute approximate surface area is 137 Å². The first-order chi connectivity index (χ1) is 11.1. The van der Waals surface area contributed by atoms with Crippen LogP contribution >= 0.6 is 0 Å². The molecule has 0 atom stereocenters. The molecule has 1 aliphatic heterocycles. The molecule has 1 aromatic rings. The Kier molecular flexibility index (Phi) is 5.29. The van der Waals surface area contributed by atoms with E-state index in [1.54, 1.807) is 17.0 Å². The number of nitrogens with zero attached hydrogens (tertiary/aromatic N) is 1. The minimum Gasteiger partial charge on any atom is -0.490 e. The first kappa shape index (κ1) is 17.3. The van der Waals surface area contributed by atoms with Crippen molar-refractivity contribution in [2.24, 2.45) is 0 Å². The summed E-state index contributed by atoms with van der Waals surface area (Å²) < 4.78 is 11.9. The molecule has 23 heavy (non-hydrogen) atoms. The number of rotatable bonds is 7. The van der Waals surface area contributed by atoms with Gasteiger partial charge in [-0.15, -0.1) is 0 Å². The summed E-state index contributed by atoms with van der Waals surface area (Å²) in [6, 6.07) is 3.37. The second kappa shape index (κ2) is 7.02. The van der Waals surface area contributed by atoms with Gasteiger partial charge in [-0.1, -0.05) is 20.8 Å². The number of amides is 1. The smallest absolute Gasteiger partial charge is 0.271 e. The summed E-state index contributed by atoms with van der Waals surface area (Å²) in [5.74, 6) is 1.04. The summed E-state index contributed by atoms with van der Waals surface area (Å²) >= 11 is 0. The zero-order chi connectivity index (χ0) is 17.0. The third kappa shape index (κ3) is 2.92. The van der Waals surface area contributed by atoms with E-state index in [0.717, 1.165) is 12.7 Å². The van der Waals surface area contributed by atoms with Crippen molar-refractivity contribution < 1.29 is 19.1 Å². The van der Waals surface area contributed by atoms with Crippen molar-refractivity contribution in [3.8, 4) is 11.5 Å². The number of hydrogen-bond donors (Lipinski definition) is 0. The third-order valence-corrected chi connectivity index (χ3v) is 4.34. The van der Waals surface area contributed by atoms with E-state index in [-0.39, 0.29) is 5.91 Å². The molecule has 0 saturated heterocycles. The van der Waals surface area contributed by atoms with Crippen LogP contribution in [0.15, 0.2) is 12.1 Å². The lowest BCUT2D eigenvalue weighted by atomic mass is 9.92. The van der Waals surface area contributed by atoms with E-state index in [4.69, 9.17) is 9.47 Å². The highest BCUT2D eigenvalue weighted by atomic mass is 16.5. The average Bonchev–Trinajstić information content (AvgIpc) is 2.59. The maximum absolute atomic E-state index is 12.9. The van der Waals surface area contributed by atoms with Crippen molar-refractivity contribution in [3.63, 3.8) is 0 Å². The lowest BCUT2D eigenvalue weighted by molar-refractivity contribution is -0.136. The van der Waals surface area contributed by atoms with Gasteiger partial charge in [0, 0.05) is 12.1 Å². The first-order valence-corrected chi connectivity index (χ1v) is 8.33. The number of anilines is 1. The Morgan fingerprint density at radius 1 is 1.22 bits per heavy atom. The number of ether oxygens (including phenoxy) is 2. The number of benzene rings is 1. The standard InChI is InChI=1S/C18H25NO4/c1-5-9-22-15-11-13(12-20)10-14-16(15)23-18(6-2,7-3)17(21)19(14)8-4/h10-12H,5-9H2,1-4H3. The molecule has 0 aromatic heterocycles. The highest BCUT2D eigenvalue weighted by Crippen LogP contribution is 2.46. The van der Waals surface area contributed by atoms with Crippen molar-refractivity contribution in [3.05, 3.63) is 17.7 Å². The van der Waals surface area contributed by atoms with Gasteiger partial charge in [-0.05, 0) is 38.3 Å². The van der Waals surface area contributed by atoms with E-state index < -0.39 is 5.60 Å². The second-order valence-electron chi connectivity index (χ2n) is 5.69. The Balaban J connectivity index is 2.62. The summed E-state index contributed by atoms with van der Waals surface area (Å²) in [5.41, 5.74) is 0.228. The molecule has 126 valence electrons. The van der Waals surface area contributed by atoms with Crippen LogP contribution in [-0.4, -0.2) is 30.9 Å². The van der Waals surface area contributed by atoms with Crippen LogP contribution in [0.2, 0.25) is 0 Å². The molecule has 1 aromatic carbocycles. The van der Waals surface area contributed by atoms with Crippen LogP contribution in [0.1, 0.15) is 57.3 Å². The normalized spacial score (nSPS) is 15.8. The predicted molar refractivity (Wildman–Crippen MR) is 89.6 cm³/mol. The van der Waals surface area contributed by atoms with Gasteiger partial charge in [0.05, 0.1) is 12.3 Å². The summed E-state index contributed by atoms with van der Waals surface area (Å²) in [4.78, 5) is 25.8. The third-order valence-electron chi connectivity index (χ3n) is 4.34. The molecule has 0 spiro atoms. The van der Waals surface area contributed by atoms with Gasteiger partial charge < -0.3 is 14.4 Å². The summed E-state index contributed by atoms with van der Waals surface area (Å²) in [7, 11) is 0. The molecule has 1 aliphatic rings. The number of carbonyl (C=O) groups excluding carboxylic acids is 2. The summed E-state index contributed by atoms with van der Waals surface area (Å²) in [5, 5.41) is 0. The second-order valence-corrected chi connectivity index (χ2v) is 5.69. The van der Waals surface area contributed by atoms with Crippen LogP contribution in [0.5, 0.6) is 11.5 Å². The number of hydrogen-bond acceptors (Lipinski definition) is 4. The number of carbonyl (C=O) groups is 2. The van der Waals surface area contributed by atoms with Crippen LogP contribution in [0, 0.1) is 0 Å². The van der Waals surface area contributed by atoms with Crippen molar-refractivity contribution in [2.75, 3.05) is 18.1 Å². The van der Waals surface area contributed by atoms with Crippen LogP contribution in [-0.2, 0) is 4.79 Å². The molecule has 0 bridgehead atoms. The largest absolute Gasteiger partial charge is 0.490 e. The summed E-state index contributed by atoms with van der Waals surface area (Å²) in [6.07, 6.45) is 2.78. The Morgan fingerprint density at radius 3 is 2.43 bits per heavy atom. The van der Waals surface area contributed by atoms with Gasteiger partial charge in [0.25, 0.3) is 5.91 Å². The van der Waals surface area contributed by atoms with E-state index in [0.29, 0.717) is 48.7 Å².